The number of hydrogen-bond donors (Lipinski definition) is 0. The maximum absolute atomic E-state index is 12.8. The Morgan fingerprint density at radius 2 is 1.59 bits per heavy atom. The van der Waals surface area contributed by atoms with E-state index >= 15 is 0 Å². The van der Waals surface area contributed by atoms with E-state index in [4.69, 9.17) is 9.47 Å². The van der Waals surface area contributed by atoms with Gasteiger partial charge in [0.05, 0.1) is 13.2 Å². The molecule has 1 saturated carbocycles. The highest BCUT2D eigenvalue weighted by Crippen LogP contribution is 2.30. The van der Waals surface area contributed by atoms with Gasteiger partial charge in [0.25, 0.3) is 5.91 Å². The number of nitrogens with zero attached hydrogens (tertiary/aromatic N) is 1. The Hall–Kier alpha value is -2.49. The lowest BCUT2D eigenvalue weighted by Crippen LogP contribution is -2.28. The lowest BCUT2D eigenvalue weighted by molar-refractivity contribution is 0.0790. The number of hydrogen-bond acceptors (Lipinski definition) is 3. The van der Waals surface area contributed by atoms with Crippen LogP contribution in [0.5, 0.6) is 11.5 Å². The number of carbonyl (C=O) groups is 1. The maximum atomic E-state index is 12.8. The molecule has 1 unspecified atom stereocenters. The summed E-state index contributed by atoms with van der Waals surface area (Å²) in [5.41, 5.74) is 2.01. The van der Waals surface area contributed by atoms with E-state index in [-0.39, 0.29) is 5.91 Å². The van der Waals surface area contributed by atoms with Crippen LogP contribution in [0.25, 0.3) is 0 Å². The molecule has 0 radical (unpaired) electrons. The van der Waals surface area contributed by atoms with Crippen LogP contribution in [0, 0.1) is 0 Å². The molecule has 0 aromatic heterocycles. The van der Waals surface area contributed by atoms with E-state index in [0.717, 1.165) is 49.4 Å². The van der Waals surface area contributed by atoms with Gasteiger partial charge in [0.1, 0.15) is 11.5 Å². The second-order valence-corrected chi connectivity index (χ2v) is 7.56. The molecule has 2 fully saturated rings. The molecule has 1 heterocycles. The summed E-state index contributed by atoms with van der Waals surface area (Å²) in [7, 11) is 1.68. The van der Waals surface area contributed by atoms with Crippen molar-refractivity contribution in [3.63, 3.8) is 0 Å². The Bertz CT molecular complexity index is 763. The minimum atomic E-state index is 0.110. The average Bonchev–Trinajstić information content (AvgIpc) is 3.40. The molecule has 0 bridgehead atoms. The Balaban J connectivity index is 1.36. The van der Waals surface area contributed by atoms with Gasteiger partial charge in [0.2, 0.25) is 0 Å². The fourth-order valence-electron chi connectivity index (χ4n) is 4.15. The standard InChI is InChI=1S/C23H27NO3/c1-26-20-10-6-17(7-11-20)19-14-15-24(16-19)23(25)18-8-12-22(13-9-18)27-21-4-2-3-5-21/h6-13,19,21H,2-5,14-16H2,1H3. The smallest absolute Gasteiger partial charge is 0.253 e. The van der Waals surface area contributed by atoms with Gasteiger partial charge in [0, 0.05) is 24.6 Å². The van der Waals surface area contributed by atoms with Gasteiger partial charge in [-0.2, -0.15) is 0 Å². The third-order valence-corrected chi connectivity index (χ3v) is 5.77. The van der Waals surface area contributed by atoms with Crippen molar-refractivity contribution in [2.45, 2.75) is 44.1 Å². The monoisotopic (exact) mass is 365 g/mol. The van der Waals surface area contributed by atoms with Gasteiger partial charge < -0.3 is 14.4 Å². The molecule has 4 nitrogen and oxygen atoms in total. The van der Waals surface area contributed by atoms with Gasteiger partial charge in [0.15, 0.2) is 0 Å². The Labute approximate surface area is 161 Å². The Morgan fingerprint density at radius 1 is 0.926 bits per heavy atom. The third-order valence-electron chi connectivity index (χ3n) is 5.77. The van der Waals surface area contributed by atoms with Gasteiger partial charge in [-0.15, -0.1) is 0 Å². The number of carbonyl (C=O) groups excluding carboxylic acids is 1. The molecule has 2 aromatic carbocycles. The molecule has 1 saturated heterocycles. The van der Waals surface area contributed by atoms with Crippen molar-refractivity contribution in [3.8, 4) is 11.5 Å². The van der Waals surface area contributed by atoms with Crippen molar-refractivity contribution in [2.75, 3.05) is 20.2 Å². The molecule has 1 atom stereocenters. The largest absolute Gasteiger partial charge is 0.497 e. The molecule has 1 aliphatic heterocycles. The van der Waals surface area contributed by atoms with E-state index in [1.165, 1.54) is 18.4 Å². The second kappa shape index (κ2) is 8.03. The molecule has 27 heavy (non-hydrogen) atoms. The summed E-state index contributed by atoms with van der Waals surface area (Å²) in [5, 5.41) is 0. The summed E-state index contributed by atoms with van der Waals surface area (Å²) in [6.07, 6.45) is 6.14. The fraction of sp³-hybridized carbons (Fsp3) is 0.435. The number of rotatable bonds is 5. The van der Waals surface area contributed by atoms with Crippen molar-refractivity contribution in [2.24, 2.45) is 0 Å². The quantitative estimate of drug-likeness (QED) is 0.774. The average molecular weight is 365 g/mol. The zero-order chi connectivity index (χ0) is 18.6. The zero-order valence-electron chi connectivity index (χ0n) is 15.9. The van der Waals surface area contributed by atoms with Crippen LogP contribution in [-0.2, 0) is 0 Å². The van der Waals surface area contributed by atoms with Crippen molar-refractivity contribution >= 4 is 5.91 Å². The van der Waals surface area contributed by atoms with E-state index in [9.17, 15) is 4.79 Å². The SMILES string of the molecule is COc1ccc(C2CCN(C(=O)c3ccc(OC4CCCC4)cc3)C2)cc1. The third kappa shape index (κ3) is 4.10. The summed E-state index contributed by atoms with van der Waals surface area (Å²) in [6.45, 7) is 1.57. The number of likely N-dealkylation sites (tertiary alicyclic amines) is 1. The molecule has 1 amide bonds. The van der Waals surface area contributed by atoms with Crippen LogP contribution in [-0.4, -0.2) is 37.1 Å². The van der Waals surface area contributed by atoms with E-state index in [1.807, 2.05) is 41.3 Å². The highest BCUT2D eigenvalue weighted by Gasteiger charge is 2.28. The highest BCUT2D eigenvalue weighted by molar-refractivity contribution is 5.94. The zero-order valence-corrected chi connectivity index (χ0v) is 15.9. The van der Waals surface area contributed by atoms with Gasteiger partial charge in [-0.3, -0.25) is 4.79 Å². The Morgan fingerprint density at radius 3 is 2.26 bits per heavy atom. The predicted molar refractivity (Wildman–Crippen MR) is 106 cm³/mol. The second-order valence-electron chi connectivity index (χ2n) is 7.56. The van der Waals surface area contributed by atoms with E-state index in [2.05, 4.69) is 12.1 Å². The molecule has 2 aliphatic rings. The molecule has 0 N–H and O–H groups in total. The lowest BCUT2D eigenvalue weighted by Gasteiger charge is -2.18. The van der Waals surface area contributed by atoms with Gasteiger partial charge in [-0.05, 0) is 74.1 Å². The summed E-state index contributed by atoms with van der Waals surface area (Å²) >= 11 is 0. The summed E-state index contributed by atoms with van der Waals surface area (Å²) in [4.78, 5) is 14.8. The molecule has 142 valence electrons. The molecule has 0 spiro atoms. The van der Waals surface area contributed by atoms with Crippen LogP contribution < -0.4 is 9.47 Å². The van der Waals surface area contributed by atoms with E-state index < -0.39 is 0 Å². The van der Waals surface area contributed by atoms with Crippen molar-refractivity contribution in [1.82, 2.24) is 4.90 Å². The number of benzene rings is 2. The minimum Gasteiger partial charge on any atom is -0.497 e. The topological polar surface area (TPSA) is 38.8 Å². The van der Waals surface area contributed by atoms with Gasteiger partial charge in [-0.1, -0.05) is 12.1 Å². The summed E-state index contributed by atoms with van der Waals surface area (Å²) < 4.78 is 11.2. The van der Waals surface area contributed by atoms with E-state index in [0.29, 0.717) is 12.0 Å². The first kappa shape index (κ1) is 17.9. The first-order chi connectivity index (χ1) is 13.2. The van der Waals surface area contributed by atoms with Crippen LogP contribution in [0.1, 0.15) is 53.9 Å². The summed E-state index contributed by atoms with van der Waals surface area (Å²) in [6, 6.07) is 15.8. The number of ether oxygens (including phenoxy) is 2. The predicted octanol–water partition coefficient (Wildman–Crippen LogP) is 4.65. The van der Waals surface area contributed by atoms with Crippen LogP contribution in [0.3, 0.4) is 0 Å². The molecule has 2 aromatic rings. The minimum absolute atomic E-state index is 0.110. The summed E-state index contributed by atoms with van der Waals surface area (Å²) in [5.74, 6) is 2.24. The fourth-order valence-corrected chi connectivity index (χ4v) is 4.15. The number of amides is 1. The van der Waals surface area contributed by atoms with Crippen LogP contribution >= 0.6 is 0 Å². The van der Waals surface area contributed by atoms with Gasteiger partial charge >= 0.3 is 0 Å². The first-order valence-electron chi connectivity index (χ1n) is 9.93. The molecule has 4 heteroatoms. The molecule has 1 aliphatic carbocycles. The van der Waals surface area contributed by atoms with Crippen molar-refractivity contribution in [3.05, 3.63) is 59.7 Å². The highest BCUT2D eigenvalue weighted by atomic mass is 16.5. The first-order valence-corrected chi connectivity index (χ1v) is 9.93. The van der Waals surface area contributed by atoms with Crippen molar-refractivity contribution in [1.29, 1.82) is 0 Å². The normalized spacial score (nSPS) is 20.0. The maximum Gasteiger partial charge on any atom is 0.253 e. The number of methoxy groups -OCH3 is 1. The van der Waals surface area contributed by atoms with Crippen molar-refractivity contribution < 1.29 is 14.3 Å². The molecular weight excluding hydrogens is 338 g/mol. The van der Waals surface area contributed by atoms with Crippen LogP contribution in [0.4, 0.5) is 0 Å². The Kier molecular flexibility index (Phi) is 5.33. The molecule has 4 rings (SSSR count). The van der Waals surface area contributed by atoms with Gasteiger partial charge in [-0.25, -0.2) is 0 Å². The van der Waals surface area contributed by atoms with Crippen LogP contribution in [0.15, 0.2) is 48.5 Å². The van der Waals surface area contributed by atoms with Crippen LogP contribution in [0.2, 0.25) is 0 Å². The molecular formula is C23H27NO3. The lowest BCUT2D eigenvalue weighted by atomic mass is 9.98. The van der Waals surface area contributed by atoms with E-state index in [1.54, 1.807) is 7.11 Å².